The van der Waals surface area contributed by atoms with Crippen molar-refractivity contribution < 1.29 is 10.2 Å². The Hall–Kier alpha value is -0.760. The van der Waals surface area contributed by atoms with Gasteiger partial charge in [-0.1, -0.05) is 20.3 Å². The molecule has 12 heavy (non-hydrogen) atoms. The molecule has 1 aliphatic carbocycles. The Labute approximate surface area is 74.2 Å². The molecule has 0 heterocycles. The van der Waals surface area contributed by atoms with Crippen molar-refractivity contribution in [2.75, 3.05) is 0 Å². The van der Waals surface area contributed by atoms with Crippen molar-refractivity contribution in [2.45, 2.75) is 39.2 Å². The third kappa shape index (κ3) is 4.97. The van der Waals surface area contributed by atoms with Crippen molar-refractivity contribution in [1.82, 2.24) is 0 Å². The summed E-state index contributed by atoms with van der Waals surface area (Å²) < 4.78 is 0. The lowest BCUT2D eigenvalue weighted by molar-refractivity contribution is 0.111. The molecule has 0 amide bonds. The van der Waals surface area contributed by atoms with Crippen LogP contribution in [0.25, 0.3) is 0 Å². The Morgan fingerprint density at radius 2 is 2.00 bits per heavy atom. The van der Waals surface area contributed by atoms with Crippen LogP contribution in [0.4, 0.5) is 0 Å². The van der Waals surface area contributed by atoms with Crippen LogP contribution in [0.3, 0.4) is 0 Å². The Balaban J connectivity index is 0.000000354. The van der Waals surface area contributed by atoms with E-state index in [0.29, 0.717) is 6.42 Å². The quantitative estimate of drug-likeness (QED) is 0.586. The fourth-order valence-electron chi connectivity index (χ4n) is 0.712. The lowest BCUT2D eigenvalue weighted by Gasteiger charge is -2.19. The van der Waals surface area contributed by atoms with Crippen LogP contribution in [0.5, 0.6) is 0 Å². The zero-order valence-corrected chi connectivity index (χ0v) is 8.04. The number of allylic oxidation sites excluding steroid dienone is 1. The summed E-state index contributed by atoms with van der Waals surface area (Å²) in [4.78, 5) is 0. The molecule has 2 heteroatoms. The van der Waals surface area contributed by atoms with Crippen LogP contribution in [0.15, 0.2) is 24.0 Å². The van der Waals surface area contributed by atoms with Gasteiger partial charge >= 0.3 is 0 Å². The van der Waals surface area contributed by atoms with Crippen molar-refractivity contribution in [3.8, 4) is 0 Å². The molecule has 0 bridgehead atoms. The minimum Gasteiger partial charge on any atom is -0.508 e. The van der Waals surface area contributed by atoms with Crippen molar-refractivity contribution in [1.29, 1.82) is 0 Å². The minimum atomic E-state index is -0.758. The first-order chi connectivity index (χ1) is 5.52. The van der Waals surface area contributed by atoms with E-state index in [0.717, 1.165) is 0 Å². The topological polar surface area (TPSA) is 40.5 Å². The van der Waals surface area contributed by atoms with Gasteiger partial charge in [0.05, 0.1) is 5.60 Å². The predicted molar refractivity (Wildman–Crippen MR) is 51.1 cm³/mol. The van der Waals surface area contributed by atoms with Crippen molar-refractivity contribution >= 4 is 0 Å². The second-order valence-electron chi connectivity index (χ2n) is 3.23. The minimum absolute atomic E-state index is 0.238. The van der Waals surface area contributed by atoms with Gasteiger partial charge in [-0.05, 0) is 25.2 Å². The summed E-state index contributed by atoms with van der Waals surface area (Å²) in [5.74, 6) is 0.238. The van der Waals surface area contributed by atoms with E-state index >= 15 is 0 Å². The molecule has 1 aliphatic rings. The zero-order valence-electron chi connectivity index (χ0n) is 8.04. The highest BCUT2D eigenvalue weighted by molar-refractivity contribution is 5.21. The average molecular weight is 170 g/mol. The van der Waals surface area contributed by atoms with E-state index in [-0.39, 0.29) is 5.76 Å². The summed E-state index contributed by atoms with van der Waals surface area (Å²) in [7, 11) is 0. The normalized spacial score (nSPS) is 27.2. The molecule has 70 valence electrons. The van der Waals surface area contributed by atoms with Crippen molar-refractivity contribution in [2.24, 2.45) is 0 Å². The van der Waals surface area contributed by atoms with Crippen LogP contribution in [0, 0.1) is 0 Å². The first kappa shape index (κ1) is 11.2. The molecule has 0 aromatic heterocycles. The molecule has 1 atom stereocenters. The third-order valence-corrected chi connectivity index (χ3v) is 1.34. The molecule has 0 saturated heterocycles. The summed E-state index contributed by atoms with van der Waals surface area (Å²) >= 11 is 0. The van der Waals surface area contributed by atoms with E-state index < -0.39 is 5.60 Å². The highest BCUT2D eigenvalue weighted by atomic mass is 16.3. The van der Waals surface area contributed by atoms with E-state index in [1.54, 1.807) is 19.1 Å². The van der Waals surface area contributed by atoms with E-state index in [4.69, 9.17) is 5.11 Å². The molecule has 0 spiro atoms. The number of hydrogen-bond acceptors (Lipinski definition) is 2. The fourth-order valence-corrected chi connectivity index (χ4v) is 0.712. The van der Waals surface area contributed by atoms with Crippen LogP contribution >= 0.6 is 0 Å². The molecule has 0 saturated carbocycles. The van der Waals surface area contributed by atoms with E-state index in [1.807, 2.05) is 0 Å². The number of aliphatic hydroxyl groups excluding tert-OH is 1. The largest absolute Gasteiger partial charge is 0.508 e. The van der Waals surface area contributed by atoms with E-state index in [2.05, 4.69) is 13.8 Å². The monoisotopic (exact) mass is 170 g/mol. The molecule has 1 unspecified atom stereocenters. The van der Waals surface area contributed by atoms with E-state index in [1.165, 1.54) is 12.5 Å². The molecule has 0 radical (unpaired) electrons. The molecule has 2 nitrogen and oxygen atoms in total. The molecule has 0 aromatic rings. The molecule has 0 aromatic carbocycles. The van der Waals surface area contributed by atoms with Crippen LogP contribution in [0.1, 0.15) is 33.6 Å². The smallest absolute Gasteiger partial charge is 0.111 e. The van der Waals surface area contributed by atoms with Gasteiger partial charge in [0.15, 0.2) is 0 Å². The Morgan fingerprint density at radius 1 is 1.50 bits per heavy atom. The summed E-state index contributed by atoms with van der Waals surface area (Å²) in [5, 5.41) is 18.1. The molecule has 2 N–H and O–H groups in total. The number of rotatable bonds is 0. The highest BCUT2D eigenvalue weighted by Crippen LogP contribution is 2.18. The Kier molecular flexibility index (Phi) is 4.67. The molecule has 0 aliphatic heterocycles. The first-order valence-electron chi connectivity index (χ1n) is 4.32. The van der Waals surface area contributed by atoms with Crippen molar-refractivity contribution in [3.63, 3.8) is 0 Å². The molecule has 0 fully saturated rings. The van der Waals surface area contributed by atoms with Gasteiger partial charge in [-0.3, -0.25) is 0 Å². The van der Waals surface area contributed by atoms with Gasteiger partial charge in [0, 0.05) is 6.42 Å². The van der Waals surface area contributed by atoms with Crippen LogP contribution in [-0.2, 0) is 0 Å². The van der Waals surface area contributed by atoms with Crippen molar-refractivity contribution in [3.05, 3.63) is 24.0 Å². The SMILES string of the molecule is CC1(O)C=CC(O)=CC1.CCC. The maximum Gasteiger partial charge on any atom is 0.111 e. The highest BCUT2D eigenvalue weighted by Gasteiger charge is 2.17. The van der Waals surface area contributed by atoms with Gasteiger partial charge in [-0.15, -0.1) is 0 Å². The molecular weight excluding hydrogens is 152 g/mol. The summed E-state index contributed by atoms with van der Waals surface area (Å²) in [6.45, 7) is 5.95. The maximum absolute atomic E-state index is 9.25. The first-order valence-corrected chi connectivity index (χ1v) is 4.32. The van der Waals surface area contributed by atoms with Gasteiger partial charge in [-0.25, -0.2) is 0 Å². The predicted octanol–water partition coefficient (Wildman–Crippen LogP) is 2.56. The average Bonchev–Trinajstić information content (AvgIpc) is 1.98. The fraction of sp³-hybridized carbons (Fsp3) is 0.600. The lowest BCUT2D eigenvalue weighted by Crippen LogP contribution is -2.21. The van der Waals surface area contributed by atoms with Gasteiger partial charge in [0.1, 0.15) is 5.76 Å². The second kappa shape index (κ2) is 4.99. The van der Waals surface area contributed by atoms with Gasteiger partial charge in [0.25, 0.3) is 0 Å². The summed E-state index contributed by atoms with van der Waals surface area (Å²) in [6, 6.07) is 0. The maximum atomic E-state index is 9.25. The summed E-state index contributed by atoms with van der Waals surface area (Å²) in [6.07, 6.45) is 6.43. The third-order valence-electron chi connectivity index (χ3n) is 1.34. The molecular formula is C10H18O2. The molecule has 1 rings (SSSR count). The van der Waals surface area contributed by atoms with Crippen LogP contribution < -0.4 is 0 Å². The van der Waals surface area contributed by atoms with Gasteiger partial charge < -0.3 is 10.2 Å². The standard InChI is InChI=1S/C7H10O2.C3H8/c1-7(9)4-2-6(8)3-5-7;1-3-2/h2-4,8-9H,5H2,1H3;3H2,1-2H3. The van der Waals surface area contributed by atoms with Gasteiger partial charge in [0.2, 0.25) is 0 Å². The Morgan fingerprint density at radius 3 is 2.25 bits per heavy atom. The van der Waals surface area contributed by atoms with Crippen LogP contribution in [-0.4, -0.2) is 15.8 Å². The number of aliphatic hydroxyl groups is 2. The number of hydrogen-bond donors (Lipinski definition) is 2. The Bertz CT molecular complexity index is 178. The lowest BCUT2D eigenvalue weighted by atomic mass is 9.97. The zero-order chi connectivity index (χ0) is 9.61. The van der Waals surface area contributed by atoms with E-state index in [9.17, 15) is 5.11 Å². The van der Waals surface area contributed by atoms with Gasteiger partial charge in [-0.2, -0.15) is 0 Å². The van der Waals surface area contributed by atoms with Crippen LogP contribution in [0.2, 0.25) is 0 Å². The second-order valence-corrected chi connectivity index (χ2v) is 3.23. The summed E-state index contributed by atoms with van der Waals surface area (Å²) in [5.41, 5.74) is -0.758.